The SMILES string of the molecule is CC(C)NCc1ccc(N(C)CC2CCCO2)nn1. The molecule has 2 heterocycles. The van der Waals surface area contributed by atoms with Gasteiger partial charge in [-0.2, -0.15) is 5.10 Å². The molecular weight excluding hydrogens is 240 g/mol. The van der Waals surface area contributed by atoms with Crippen LogP contribution in [0.2, 0.25) is 0 Å². The maximum Gasteiger partial charge on any atom is 0.151 e. The summed E-state index contributed by atoms with van der Waals surface area (Å²) < 4.78 is 5.63. The molecule has 0 spiro atoms. The summed E-state index contributed by atoms with van der Waals surface area (Å²) in [6.45, 7) is 6.79. The maximum atomic E-state index is 5.63. The zero-order valence-electron chi connectivity index (χ0n) is 12.1. The molecule has 5 nitrogen and oxygen atoms in total. The van der Waals surface area contributed by atoms with Crippen molar-refractivity contribution in [2.75, 3.05) is 25.1 Å². The second-order valence-corrected chi connectivity index (χ2v) is 5.43. The fourth-order valence-corrected chi connectivity index (χ4v) is 2.15. The van der Waals surface area contributed by atoms with Crippen molar-refractivity contribution in [1.29, 1.82) is 0 Å². The summed E-state index contributed by atoms with van der Waals surface area (Å²) in [5.74, 6) is 0.906. The average Bonchev–Trinajstić information content (AvgIpc) is 2.89. The van der Waals surface area contributed by atoms with E-state index >= 15 is 0 Å². The van der Waals surface area contributed by atoms with Crippen LogP contribution in [0.3, 0.4) is 0 Å². The Kier molecular flexibility index (Phi) is 5.10. The Morgan fingerprint density at radius 2 is 2.26 bits per heavy atom. The quantitative estimate of drug-likeness (QED) is 0.845. The zero-order chi connectivity index (χ0) is 13.7. The first-order chi connectivity index (χ1) is 9.15. The minimum absolute atomic E-state index is 0.342. The number of nitrogens with one attached hydrogen (secondary N) is 1. The van der Waals surface area contributed by atoms with E-state index in [4.69, 9.17) is 4.74 Å². The average molecular weight is 264 g/mol. The Morgan fingerprint density at radius 1 is 1.42 bits per heavy atom. The van der Waals surface area contributed by atoms with Crippen LogP contribution in [-0.2, 0) is 11.3 Å². The van der Waals surface area contributed by atoms with Crippen LogP contribution in [0.1, 0.15) is 32.4 Å². The van der Waals surface area contributed by atoms with E-state index in [9.17, 15) is 0 Å². The lowest BCUT2D eigenvalue weighted by molar-refractivity contribution is 0.116. The highest BCUT2D eigenvalue weighted by molar-refractivity contribution is 5.36. The van der Waals surface area contributed by atoms with Gasteiger partial charge in [0, 0.05) is 32.8 Å². The van der Waals surface area contributed by atoms with Gasteiger partial charge < -0.3 is 15.0 Å². The third-order valence-electron chi connectivity index (χ3n) is 3.29. The fraction of sp³-hybridized carbons (Fsp3) is 0.714. The zero-order valence-corrected chi connectivity index (χ0v) is 12.1. The lowest BCUT2D eigenvalue weighted by Crippen LogP contribution is -2.29. The van der Waals surface area contributed by atoms with Crippen LogP contribution in [0.25, 0.3) is 0 Å². The standard InChI is InChI=1S/C14H24N4O/c1-11(2)15-9-12-6-7-14(17-16-12)18(3)10-13-5-4-8-19-13/h6-7,11,13,15H,4-5,8-10H2,1-3H3. The summed E-state index contributed by atoms with van der Waals surface area (Å²) in [6, 6.07) is 4.52. The molecule has 1 atom stereocenters. The first-order valence-corrected chi connectivity index (χ1v) is 7.04. The molecular formula is C14H24N4O. The van der Waals surface area contributed by atoms with Crippen LogP contribution < -0.4 is 10.2 Å². The van der Waals surface area contributed by atoms with Gasteiger partial charge in [0.05, 0.1) is 11.8 Å². The molecule has 0 aromatic carbocycles. The van der Waals surface area contributed by atoms with Gasteiger partial charge in [-0.1, -0.05) is 13.8 Å². The van der Waals surface area contributed by atoms with E-state index in [1.807, 2.05) is 19.2 Å². The molecule has 1 aliphatic rings. The summed E-state index contributed by atoms with van der Waals surface area (Å²) in [4.78, 5) is 2.11. The second kappa shape index (κ2) is 6.82. The normalized spacial score (nSPS) is 19.1. The van der Waals surface area contributed by atoms with Gasteiger partial charge in [0.1, 0.15) is 0 Å². The van der Waals surface area contributed by atoms with E-state index < -0.39 is 0 Å². The summed E-state index contributed by atoms with van der Waals surface area (Å²) in [6.07, 6.45) is 2.66. The molecule has 1 saturated heterocycles. The monoisotopic (exact) mass is 264 g/mol. The van der Waals surface area contributed by atoms with E-state index in [-0.39, 0.29) is 0 Å². The first-order valence-electron chi connectivity index (χ1n) is 7.04. The van der Waals surface area contributed by atoms with Crippen molar-refractivity contribution in [3.8, 4) is 0 Å². The largest absolute Gasteiger partial charge is 0.376 e. The number of likely N-dealkylation sites (N-methyl/N-ethyl adjacent to an activating group) is 1. The van der Waals surface area contributed by atoms with Gasteiger partial charge in [-0.3, -0.25) is 0 Å². The lowest BCUT2D eigenvalue weighted by Gasteiger charge is -2.21. The van der Waals surface area contributed by atoms with Crippen molar-refractivity contribution >= 4 is 5.82 Å². The van der Waals surface area contributed by atoms with E-state index in [1.54, 1.807) is 0 Å². The topological polar surface area (TPSA) is 50.3 Å². The van der Waals surface area contributed by atoms with Crippen molar-refractivity contribution in [1.82, 2.24) is 15.5 Å². The molecule has 0 radical (unpaired) electrons. The molecule has 2 rings (SSSR count). The van der Waals surface area contributed by atoms with Crippen LogP contribution in [0.5, 0.6) is 0 Å². The third-order valence-corrected chi connectivity index (χ3v) is 3.29. The Hall–Kier alpha value is -1.20. The van der Waals surface area contributed by atoms with E-state index in [0.717, 1.165) is 37.6 Å². The number of hydrogen-bond donors (Lipinski definition) is 1. The van der Waals surface area contributed by atoms with Crippen LogP contribution in [0, 0.1) is 0 Å². The summed E-state index contributed by atoms with van der Waals surface area (Å²) in [7, 11) is 2.04. The minimum atomic E-state index is 0.342. The fourth-order valence-electron chi connectivity index (χ4n) is 2.15. The van der Waals surface area contributed by atoms with E-state index in [0.29, 0.717) is 12.1 Å². The van der Waals surface area contributed by atoms with Crippen LogP contribution in [-0.4, -0.2) is 42.5 Å². The number of anilines is 1. The lowest BCUT2D eigenvalue weighted by atomic mass is 10.2. The summed E-state index contributed by atoms with van der Waals surface area (Å²) >= 11 is 0. The van der Waals surface area contributed by atoms with Crippen molar-refractivity contribution in [3.05, 3.63) is 17.8 Å². The molecule has 1 aliphatic heterocycles. The third kappa shape index (κ3) is 4.44. The number of ether oxygens (including phenoxy) is 1. The Morgan fingerprint density at radius 3 is 2.84 bits per heavy atom. The molecule has 0 bridgehead atoms. The van der Waals surface area contributed by atoms with E-state index in [1.165, 1.54) is 6.42 Å². The van der Waals surface area contributed by atoms with Gasteiger partial charge in [0.2, 0.25) is 0 Å². The van der Waals surface area contributed by atoms with Crippen molar-refractivity contribution in [3.63, 3.8) is 0 Å². The number of rotatable bonds is 6. The summed E-state index contributed by atoms with van der Waals surface area (Å²) in [5, 5.41) is 11.9. The minimum Gasteiger partial charge on any atom is -0.376 e. The molecule has 5 heteroatoms. The second-order valence-electron chi connectivity index (χ2n) is 5.43. The predicted octanol–water partition coefficient (Wildman–Crippen LogP) is 1.59. The predicted molar refractivity (Wildman–Crippen MR) is 76.3 cm³/mol. The van der Waals surface area contributed by atoms with Crippen LogP contribution >= 0.6 is 0 Å². The van der Waals surface area contributed by atoms with Gasteiger partial charge in [-0.05, 0) is 25.0 Å². The smallest absolute Gasteiger partial charge is 0.151 e. The highest BCUT2D eigenvalue weighted by Crippen LogP contribution is 2.15. The van der Waals surface area contributed by atoms with Gasteiger partial charge in [-0.15, -0.1) is 5.10 Å². The number of nitrogens with zero attached hydrogens (tertiary/aromatic N) is 3. The highest BCUT2D eigenvalue weighted by Gasteiger charge is 2.18. The van der Waals surface area contributed by atoms with Gasteiger partial charge in [0.15, 0.2) is 5.82 Å². The molecule has 19 heavy (non-hydrogen) atoms. The molecule has 1 aromatic rings. The van der Waals surface area contributed by atoms with Crippen molar-refractivity contribution in [2.24, 2.45) is 0 Å². The van der Waals surface area contributed by atoms with Gasteiger partial charge >= 0.3 is 0 Å². The Balaban J connectivity index is 1.86. The van der Waals surface area contributed by atoms with E-state index in [2.05, 4.69) is 34.3 Å². The molecule has 0 amide bonds. The Bertz CT molecular complexity index is 374. The molecule has 1 unspecified atom stereocenters. The molecule has 0 aliphatic carbocycles. The van der Waals surface area contributed by atoms with Gasteiger partial charge in [0.25, 0.3) is 0 Å². The molecule has 1 aromatic heterocycles. The molecule has 1 fully saturated rings. The maximum absolute atomic E-state index is 5.63. The number of hydrogen-bond acceptors (Lipinski definition) is 5. The number of aromatic nitrogens is 2. The van der Waals surface area contributed by atoms with Crippen LogP contribution in [0.15, 0.2) is 12.1 Å². The first kappa shape index (κ1) is 14.2. The van der Waals surface area contributed by atoms with Crippen molar-refractivity contribution in [2.45, 2.75) is 45.4 Å². The molecule has 106 valence electrons. The highest BCUT2D eigenvalue weighted by atomic mass is 16.5. The van der Waals surface area contributed by atoms with Gasteiger partial charge in [-0.25, -0.2) is 0 Å². The molecule has 0 saturated carbocycles. The summed E-state index contributed by atoms with van der Waals surface area (Å²) in [5.41, 5.74) is 0.975. The van der Waals surface area contributed by atoms with Crippen LogP contribution in [0.4, 0.5) is 5.82 Å². The molecule has 1 N–H and O–H groups in total. The van der Waals surface area contributed by atoms with Crippen molar-refractivity contribution < 1.29 is 4.74 Å². The Labute approximate surface area is 115 Å².